The van der Waals surface area contributed by atoms with E-state index in [0.717, 1.165) is 28.9 Å². The van der Waals surface area contributed by atoms with E-state index in [1.807, 2.05) is 67.6 Å². The van der Waals surface area contributed by atoms with Crippen molar-refractivity contribution in [3.8, 4) is 5.75 Å². The van der Waals surface area contributed by atoms with Crippen molar-refractivity contribution in [2.75, 3.05) is 30.5 Å². The van der Waals surface area contributed by atoms with Gasteiger partial charge in [-0.25, -0.2) is 0 Å². The van der Waals surface area contributed by atoms with Crippen LogP contribution in [0.15, 0.2) is 95.6 Å². The maximum atomic E-state index is 13.9. The topological polar surface area (TPSA) is 119 Å². The monoisotopic (exact) mass is 596 g/mol. The number of carbonyl (C=O) groups is 2. The smallest absolute Gasteiger partial charge is 0.238 e. The Balaban J connectivity index is 1.36. The molecule has 3 aromatic carbocycles. The number of hydrogen-bond donors (Lipinski definition) is 4. The van der Waals surface area contributed by atoms with Crippen molar-refractivity contribution in [1.29, 1.82) is 0 Å². The second kappa shape index (κ2) is 14.0. The largest absolute Gasteiger partial charge is 0.507 e. The fraction of sp³-hybridized carbons (Fsp3) is 0.333. The van der Waals surface area contributed by atoms with E-state index in [1.54, 1.807) is 31.4 Å². The van der Waals surface area contributed by atoms with Gasteiger partial charge in [0.2, 0.25) is 11.8 Å². The average Bonchev–Trinajstić information content (AvgIpc) is 3.29. The molecule has 2 amide bonds. The highest BCUT2D eigenvalue weighted by molar-refractivity contribution is 6.22. The van der Waals surface area contributed by atoms with Crippen LogP contribution in [0, 0.1) is 17.8 Å². The molecular formula is C36H40N2O6. The number of phenolic OH excluding ortho intramolecular Hbond substituents is 1. The molecule has 8 nitrogen and oxygen atoms in total. The van der Waals surface area contributed by atoms with Crippen molar-refractivity contribution in [3.05, 3.63) is 101 Å². The molecule has 4 N–H and O–H groups in total. The summed E-state index contributed by atoms with van der Waals surface area (Å²) < 4.78 is 5.47. The van der Waals surface area contributed by atoms with E-state index in [-0.39, 0.29) is 37.2 Å². The van der Waals surface area contributed by atoms with Gasteiger partial charge in [0.05, 0.1) is 36.8 Å². The van der Waals surface area contributed by atoms with Crippen molar-refractivity contribution >= 4 is 35.0 Å². The third kappa shape index (κ3) is 6.48. The van der Waals surface area contributed by atoms with E-state index < -0.39 is 23.9 Å². The number of anilines is 3. The van der Waals surface area contributed by atoms with Crippen molar-refractivity contribution in [1.82, 2.24) is 0 Å². The molecule has 2 aliphatic rings. The molecule has 1 aliphatic carbocycles. The number of carbonyl (C=O) groups excluding carboxylic acids is 2. The van der Waals surface area contributed by atoms with Crippen LogP contribution in [-0.2, 0) is 14.3 Å². The van der Waals surface area contributed by atoms with Crippen LogP contribution in [0.3, 0.4) is 0 Å². The molecule has 0 unspecified atom stereocenters. The van der Waals surface area contributed by atoms with Crippen molar-refractivity contribution in [2.45, 2.75) is 38.7 Å². The first-order valence-corrected chi connectivity index (χ1v) is 15.1. The number of allylic oxidation sites excluding steroid dienone is 1. The number of methoxy groups -OCH3 is 1. The summed E-state index contributed by atoms with van der Waals surface area (Å²) in [5.41, 5.74) is 5.34. The Labute approximate surface area is 258 Å². The maximum absolute atomic E-state index is 13.9. The Bertz CT molecular complexity index is 1530. The summed E-state index contributed by atoms with van der Waals surface area (Å²) in [4.78, 5) is 28.8. The zero-order valence-corrected chi connectivity index (χ0v) is 25.1. The van der Waals surface area contributed by atoms with E-state index in [0.29, 0.717) is 29.7 Å². The molecule has 1 aliphatic heterocycles. The van der Waals surface area contributed by atoms with Crippen molar-refractivity contribution in [3.63, 3.8) is 0 Å². The molecule has 5 rings (SSSR count). The van der Waals surface area contributed by atoms with Gasteiger partial charge in [-0.1, -0.05) is 55.0 Å². The fourth-order valence-corrected chi connectivity index (χ4v) is 6.56. The average molecular weight is 597 g/mol. The first-order valence-electron chi connectivity index (χ1n) is 15.1. The molecule has 0 spiro atoms. The normalized spacial score (nSPS) is 21.0. The van der Waals surface area contributed by atoms with Gasteiger partial charge in [-0.2, -0.15) is 0 Å². The molecule has 44 heavy (non-hydrogen) atoms. The zero-order chi connectivity index (χ0) is 31.2. The number of fused-ring (bicyclic) bond motifs is 1. The summed E-state index contributed by atoms with van der Waals surface area (Å²) in [6.45, 7) is 1.85. The standard InChI is InChI=1S/C36H40N2O6/c1-3-23(19-24-9-7-8-12-31(24)40)13-18-32(41)33-25(22-44-2)20-29-34(30(33)21-39)36(43)38(35(29)42)28-16-14-27(15-17-28)37-26-10-5-4-6-11-26/h4-12,14-17,19,29-30,32,34,37,39-41H,3,13,18,20-22H2,1-2H3/b23-19+/t29-,30+,32-,34-/m1/s1. The van der Waals surface area contributed by atoms with Gasteiger partial charge in [0.15, 0.2) is 0 Å². The van der Waals surface area contributed by atoms with Gasteiger partial charge >= 0.3 is 0 Å². The summed E-state index contributed by atoms with van der Waals surface area (Å²) in [5, 5.41) is 35.6. The number of aliphatic hydroxyl groups excluding tert-OH is 2. The lowest BCUT2D eigenvalue weighted by Gasteiger charge is -2.36. The van der Waals surface area contributed by atoms with Gasteiger partial charge in [0.1, 0.15) is 5.75 Å². The van der Waals surface area contributed by atoms with Gasteiger partial charge in [0.25, 0.3) is 0 Å². The predicted molar refractivity (Wildman–Crippen MR) is 171 cm³/mol. The second-order valence-corrected chi connectivity index (χ2v) is 11.4. The number of nitrogens with one attached hydrogen (secondary N) is 1. The number of rotatable bonds is 12. The van der Waals surface area contributed by atoms with Crippen LogP contribution < -0.4 is 10.2 Å². The van der Waals surface area contributed by atoms with Crippen LogP contribution in [0.25, 0.3) is 6.08 Å². The molecule has 3 aromatic rings. The Morgan fingerprint density at radius 2 is 1.68 bits per heavy atom. The Kier molecular flexibility index (Phi) is 9.95. The maximum Gasteiger partial charge on any atom is 0.238 e. The highest BCUT2D eigenvalue weighted by atomic mass is 16.5. The first-order chi connectivity index (χ1) is 21.4. The predicted octanol–water partition coefficient (Wildman–Crippen LogP) is 5.83. The number of phenols is 1. The fourth-order valence-electron chi connectivity index (χ4n) is 6.56. The summed E-state index contributed by atoms with van der Waals surface area (Å²) in [6.07, 6.45) is 2.95. The molecular weight excluding hydrogens is 556 g/mol. The third-order valence-corrected chi connectivity index (χ3v) is 8.74. The number of imide groups is 1. The SMILES string of the molecule is CC/C(=C\c1ccccc1O)CC[C@@H](O)C1=C(COC)C[C@H]2C(=O)N(c3ccc(Nc4ccccc4)cc3)C(=O)[C@H]2[C@H]1CO. The number of para-hydroxylation sites is 2. The number of benzene rings is 3. The first kappa shape index (κ1) is 31.2. The lowest BCUT2D eigenvalue weighted by molar-refractivity contribution is -0.123. The van der Waals surface area contributed by atoms with Crippen LogP contribution in [0.2, 0.25) is 0 Å². The van der Waals surface area contributed by atoms with E-state index >= 15 is 0 Å². The molecule has 0 saturated carbocycles. The van der Waals surface area contributed by atoms with Crippen LogP contribution in [-0.4, -0.2) is 53.6 Å². The Hall–Kier alpha value is -4.24. The van der Waals surface area contributed by atoms with Crippen LogP contribution in [0.4, 0.5) is 17.1 Å². The lowest BCUT2D eigenvalue weighted by Crippen LogP contribution is -2.39. The lowest BCUT2D eigenvalue weighted by atomic mass is 9.68. The number of aliphatic hydroxyl groups is 2. The van der Waals surface area contributed by atoms with Gasteiger partial charge in [-0.05, 0) is 79.3 Å². The van der Waals surface area contributed by atoms with E-state index in [9.17, 15) is 24.9 Å². The second-order valence-electron chi connectivity index (χ2n) is 11.4. The minimum Gasteiger partial charge on any atom is -0.507 e. The van der Waals surface area contributed by atoms with Gasteiger partial charge in [-0.15, -0.1) is 0 Å². The minimum absolute atomic E-state index is 0.193. The van der Waals surface area contributed by atoms with E-state index in [4.69, 9.17) is 4.74 Å². The van der Waals surface area contributed by atoms with Gasteiger partial charge < -0.3 is 25.4 Å². The molecule has 1 fully saturated rings. The molecule has 4 atom stereocenters. The summed E-state index contributed by atoms with van der Waals surface area (Å²) in [5.74, 6) is -2.60. The Morgan fingerprint density at radius 1 is 1.00 bits per heavy atom. The minimum atomic E-state index is -0.933. The molecule has 0 aromatic heterocycles. The van der Waals surface area contributed by atoms with E-state index in [2.05, 4.69) is 5.32 Å². The van der Waals surface area contributed by atoms with Gasteiger partial charge in [-0.3, -0.25) is 14.5 Å². The van der Waals surface area contributed by atoms with Crippen LogP contribution in [0.5, 0.6) is 5.75 Å². The molecule has 1 saturated heterocycles. The van der Waals surface area contributed by atoms with Crippen molar-refractivity contribution in [2.24, 2.45) is 17.8 Å². The molecule has 1 heterocycles. The highest BCUT2D eigenvalue weighted by Gasteiger charge is 2.55. The molecule has 0 bridgehead atoms. The summed E-state index contributed by atoms with van der Waals surface area (Å²) in [7, 11) is 1.56. The number of hydrogen-bond acceptors (Lipinski definition) is 7. The zero-order valence-electron chi connectivity index (χ0n) is 25.1. The number of ether oxygens (including phenoxy) is 1. The number of nitrogens with zero attached hydrogens (tertiary/aromatic N) is 1. The summed E-state index contributed by atoms with van der Waals surface area (Å²) >= 11 is 0. The van der Waals surface area contributed by atoms with Crippen LogP contribution >= 0.6 is 0 Å². The number of amides is 2. The molecule has 8 heteroatoms. The van der Waals surface area contributed by atoms with Gasteiger partial charge in [0, 0.05) is 30.0 Å². The highest BCUT2D eigenvalue weighted by Crippen LogP contribution is 2.47. The summed E-state index contributed by atoms with van der Waals surface area (Å²) in [6, 6.07) is 24.0. The third-order valence-electron chi connectivity index (χ3n) is 8.74. The Morgan fingerprint density at radius 3 is 2.34 bits per heavy atom. The quantitative estimate of drug-likeness (QED) is 0.153. The molecule has 0 radical (unpaired) electrons. The van der Waals surface area contributed by atoms with E-state index in [1.165, 1.54) is 4.90 Å². The van der Waals surface area contributed by atoms with Crippen LogP contribution in [0.1, 0.15) is 38.2 Å². The number of aromatic hydroxyl groups is 1. The molecule has 230 valence electrons. The van der Waals surface area contributed by atoms with Crippen molar-refractivity contribution < 1.29 is 29.6 Å².